The summed E-state index contributed by atoms with van der Waals surface area (Å²) in [6.45, 7) is 0.582. The van der Waals surface area contributed by atoms with E-state index in [1.54, 1.807) is 6.07 Å². The molecule has 2 amide bonds. The summed E-state index contributed by atoms with van der Waals surface area (Å²) in [5.41, 5.74) is -0.0976. The molecular formula is C25H30N2O4. The molecule has 0 aromatic heterocycles. The van der Waals surface area contributed by atoms with Gasteiger partial charge in [0.15, 0.2) is 5.72 Å². The molecule has 2 aliphatic heterocycles. The average Bonchev–Trinajstić information content (AvgIpc) is 2.79. The largest absolute Gasteiger partial charge is 0.467 e. The van der Waals surface area contributed by atoms with E-state index in [1.165, 1.54) is 0 Å². The number of fused-ring (bicyclic) bond motifs is 4. The first-order valence-corrected chi connectivity index (χ1v) is 12.0. The van der Waals surface area contributed by atoms with Gasteiger partial charge in [-0.2, -0.15) is 0 Å². The molecule has 7 rings (SSSR count). The number of amides is 2. The third kappa shape index (κ3) is 2.94. The van der Waals surface area contributed by atoms with Crippen LogP contribution in [0.1, 0.15) is 68.1 Å². The van der Waals surface area contributed by atoms with Crippen molar-refractivity contribution in [1.29, 1.82) is 0 Å². The molecule has 164 valence electrons. The molecule has 0 unspecified atom stereocenters. The van der Waals surface area contributed by atoms with Gasteiger partial charge in [-0.1, -0.05) is 25.0 Å². The Labute approximate surface area is 182 Å². The minimum atomic E-state index is -0.684. The van der Waals surface area contributed by atoms with Gasteiger partial charge in [0.05, 0.1) is 5.56 Å². The molecule has 6 atom stereocenters. The third-order valence-corrected chi connectivity index (χ3v) is 8.71. The Morgan fingerprint density at radius 1 is 1.10 bits per heavy atom. The minimum absolute atomic E-state index is 0.0159. The molecule has 1 N–H and O–H groups in total. The molecule has 31 heavy (non-hydrogen) atoms. The van der Waals surface area contributed by atoms with Crippen LogP contribution in [0.4, 0.5) is 0 Å². The number of hydrogen-bond acceptors (Lipinski definition) is 4. The van der Waals surface area contributed by atoms with E-state index in [2.05, 4.69) is 10.2 Å². The first-order valence-electron chi connectivity index (χ1n) is 12.0. The number of ether oxygens (including phenoxy) is 1. The number of nitrogens with one attached hydrogen (secondary N) is 1. The number of benzene rings is 1. The number of nitrogens with zero attached hydrogens (tertiary/aromatic N) is 1. The summed E-state index contributed by atoms with van der Waals surface area (Å²) in [5, 5.41) is 3.18. The van der Waals surface area contributed by atoms with Crippen LogP contribution in [0.5, 0.6) is 5.75 Å². The van der Waals surface area contributed by atoms with E-state index in [1.807, 2.05) is 18.2 Å². The van der Waals surface area contributed by atoms with Crippen molar-refractivity contribution in [3.05, 3.63) is 29.8 Å². The van der Waals surface area contributed by atoms with Gasteiger partial charge in [-0.3, -0.25) is 14.4 Å². The highest BCUT2D eigenvalue weighted by Gasteiger charge is 2.58. The van der Waals surface area contributed by atoms with Crippen molar-refractivity contribution in [3.8, 4) is 5.75 Å². The van der Waals surface area contributed by atoms with Crippen LogP contribution in [0.25, 0.3) is 0 Å². The average molecular weight is 423 g/mol. The normalized spacial score (nSPS) is 38.8. The van der Waals surface area contributed by atoms with E-state index in [-0.39, 0.29) is 41.5 Å². The van der Waals surface area contributed by atoms with Crippen molar-refractivity contribution in [2.45, 2.75) is 69.6 Å². The molecule has 0 radical (unpaired) electrons. The quantitative estimate of drug-likeness (QED) is 0.754. The zero-order valence-corrected chi connectivity index (χ0v) is 17.8. The maximum Gasteiger partial charge on any atom is 0.258 e. The van der Waals surface area contributed by atoms with Crippen LogP contribution >= 0.6 is 0 Å². The third-order valence-electron chi connectivity index (χ3n) is 8.71. The number of para-hydroxylation sites is 1. The number of rotatable bonds is 1. The van der Waals surface area contributed by atoms with Crippen LogP contribution in [0.2, 0.25) is 0 Å². The molecule has 6 aliphatic rings. The number of ketones is 1. The van der Waals surface area contributed by atoms with Gasteiger partial charge in [-0.05, 0) is 50.2 Å². The van der Waals surface area contributed by atoms with Crippen LogP contribution in [-0.2, 0) is 9.59 Å². The topological polar surface area (TPSA) is 75.7 Å². The Balaban J connectivity index is 1.23. The summed E-state index contributed by atoms with van der Waals surface area (Å²) < 4.78 is 6.44. The van der Waals surface area contributed by atoms with Crippen LogP contribution in [0, 0.1) is 23.7 Å². The number of Topliss-reactive ketones (excluding diaryl/α,β-unsaturated/α-hetero) is 1. The Morgan fingerprint density at radius 3 is 2.77 bits per heavy atom. The lowest BCUT2D eigenvalue weighted by atomic mass is 9.59. The van der Waals surface area contributed by atoms with Gasteiger partial charge >= 0.3 is 0 Å². The van der Waals surface area contributed by atoms with E-state index in [9.17, 15) is 14.4 Å². The minimum Gasteiger partial charge on any atom is -0.467 e. The molecule has 6 heteroatoms. The van der Waals surface area contributed by atoms with Gasteiger partial charge in [0.1, 0.15) is 11.5 Å². The highest BCUT2D eigenvalue weighted by molar-refractivity contribution is 5.98. The first kappa shape index (κ1) is 19.3. The maximum atomic E-state index is 13.7. The molecule has 1 aromatic rings. The maximum absolute atomic E-state index is 13.7. The molecule has 2 heterocycles. The van der Waals surface area contributed by atoms with E-state index in [0.717, 1.165) is 44.9 Å². The van der Waals surface area contributed by atoms with Gasteiger partial charge in [0.25, 0.3) is 5.91 Å². The summed E-state index contributed by atoms with van der Waals surface area (Å²) >= 11 is 0. The lowest BCUT2D eigenvalue weighted by Gasteiger charge is -2.56. The van der Waals surface area contributed by atoms with E-state index >= 15 is 0 Å². The highest BCUT2D eigenvalue weighted by Crippen LogP contribution is 2.53. The molecule has 6 nitrogen and oxygen atoms in total. The molecule has 2 bridgehead atoms. The Bertz CT molecular complexity index is 945. The number of hydrogen-bond donors (Lipinski definition) is 1. The smallest absolute Gasteiger partial charge is 0.258 e. The molecule has 1 aromatic carbocycles. The van der Waals surface area contributed by atoms with Crippen molar-refractivity contribution in [2.75, 3.05) is 6.54 Å². The molecule has 1 saturated heterocycles. The lowest BCUT2D eigenvalue weighted by Crippen LogP contribution is -2.67. The van der Waals surface area contributed by atoms with E-state index in [0.29, 0.717) is 36.5 Å². The fourth-order valence-corrected chi connectivity index (χ4v) is 7.19. The molecule has 5 fully saturated rings. The van der Waals surface area contributed by atoms with Crippen LogP contribution in [-0.4, -0.2) is 40.8 Å². The SMILES string of the molecule is O=C1N[C@]2(C[C@H]3CC[C@H]2C[C@@H]3C(=O)N2CCC(=O)[C@H]3CCCC[C@@H]32)Oc2ccccc21. The Hall–Kier alpha value is -2.37. The predicted octanol–water partition coefficient (Wildman–Crippen LogP) is 3.30. The predicted molar refractivity (Wildman–Crippen MR) is 113 cm³/mol. The summed E-state index contributed by atoms with van der Waals surface area (Å²) in [6.07, 6.45) is 8.04. The lowest BCUT2D eigenvalue weighted by molar-refractivity contribution is -0.162. The number of carbonyl (C=O) groups excluding carboxylic acids is 3. The molecule has 4 aliphatic carbocycles. The first-order chi connectivity index (χ1) is 15.1. The highest BCUT2D eigenvalue weighted by atomic mass is 16.5. The molecule has 1 spiro atoms. The second kappa shape index (κ2) is 7.07. The van der Waals surface area contributed by atoms with Gasteiger partial charge in [-0.25, -0.2) is 0 Å². The number of piperidine rings is 1. The summed E-state index contributed by atoms with van der Waals surface area (Å²) in [6, 6.07) is 7.52. The van der Waals surface area contributed by atoms with Crippen molar-refractivity contribution in [3.63, 3.8) is 0 Å². The summed E-state index contributed by atoms with van der Waals surface area (Å²) in [5.74, 6) is 1.57. The molecule has 4 saturated carbocycles. The number of likely N-dealkylation sites (tertiary alicyclic amines) is 1. The zero-order chi connectivity index (χ0) is 21.2. The van der Waals surface area contributed by atoms with Crippen LogP contribution in [0.3, 0.4) is 0 Å². The Morgan fingerprint density at radius 2 is 1.94 bits per heavy atom. The summed E-state index contributed by atoms with van der Waals surface area (Å²) in [7, 11) is 0. The standard InChI is InChI=1S/C25H30N2O4/c28-21-11-12-27(20-7-3-1-5-17(20)21)24(30)19-13-16-10-9-15(19)14-25(16)26-23(29)18-6-2-4-8-22(18)31-25/h2,4,6,8,15-17,19-20H,1,3,5,7,9-14H2,(H,26,29)/t15-,16+,17+,19+,20+,25-/m1/s1. The fourth-order valence-electron chi connectivity index (χ4n) is 7.19. The van der Waals surface area contributed by atoms with Crippen molar-refractivity contribution >= 4 is 17.6 Å². The van der Waals surface area contributed by atoms with Crippen molar-refractivity contribution in [2.24, 2.45) is 23.7 Å². The van der Waals surface area contributed by atoms with E-state index in [4.69, 9.17) is 4.74 Å². The fraction of sp³-hybridized carbons (Fsp3) is 0.640. The van der Waals surface area contributed by atoms with Gasteiger partial charge in [0, 0.05) is 43.2 Å². The second-order valence-corrected chi connectivity index (χ2v) is 10.2. The van der Waals surface area contributed by atoms with Crippen LogP contribution in [0.15, 0.2) is 24.3 Å². The second-order valence-electron chi connectivity index (χ2n) is 10.2. The number of carbonyl (C=O) groups is 3. The Kier molecular flexibility index (Phi) is 4.41. The van der Waals surface area contributed by atoms with Crippen molar-refractivity contribution < 1.29 is 19.1 Å². The molecular weight excluding hydrogens is 392 g/mol. The van der Waals surface area contributed by atoms with Crippen LogP contribution < -0.4 is 10.1 Å². The van der Waals surface area contributed by atoms with E-state index < -0.39 is 5.72 Å². The summed E-state index contributed by atoms with van der Waals surface area (Å²) in [4.78, 5) is 41.0. The monoisotopic (exact) mass is 422 g/mol. The van der Waals surface area contributed by atoms with Gasteiger partial charge in [-0.15, -0.1) is 0 Å². The van der Waals surface area contributed by atoms with Crippen molar-refractivity contribution in [1.82, 2.24) is 10.2 Å². The van der Waals surface area contributed by atoms with Gasteiger partial charge in [0.2, 0.25) is 5.91 Å². The van der Waals surface area contributed by atoms with Gasteiger partial charge < -0.3 is 15.0 Å². The zero-order valence-electron chi connectivity index (χ0n) is 17.8.